The summed E-state index contributed by atoms with van der Waals surface area (Å²) >= 11 is 0. The second-order valence-corrected chi connectivity index (χ2v) is 6.93. The molecule has 1 aliphatic carbocycles. The van der Waals surface area contributed by atoms with E-state index in [-0.39, 0.29) is 18.3 Å². The lowest BCUT2D eigenvalue weighted by molar-refractivity contribution is -0.122. The smallest absolute Gasteiger partial charge is 0.220 e. The number of nitrogens with one attached hydrogen (secondary N) is 2. The van der Waals surface area contributed by atoms with Crippen molar-refractivity contribution in [3.8, 4) is 0 Å². The van der Waals surface area contributed by atoms with E-state index in [1.54, 1.807) is 0 Å². The fraction of sp³-hybridized carbons (Fsp3) is 0.941. The van der Waals surface area contributed by atoms with Gasteiger partial charge in [-0.1, -0.05) is 39.0 Å². The highest BCUT2D eigenvalue weighted by Gasteiger charge is 2.22. The van der Waals surface area contributed by atoms with Crippen molar-refractivity contribution in [1.82, 2.24) is 10.6 Å². The van der Waals surface area contributed by atoms with Crippen LogP contribution in [0.4, 0.5) is 0 Å². The number of hydrogen-bond donors (Lipinski definition) is 2. The maximum absolute atomic E-state index is 12.0. The van der Waals surface area contributed by atoms with Crippen molar-refractivity contribution in [3.63, 3.8) is 0 Å². The first-order chi connectivity index (χ1) is 9.75. The van der Waals surface area contributed by atoms with Crippen LogP contribution in [-0.4, -0.2) is 25.5 Å². The molecule has 0 spiro atoms. The molecule has 2 fully saturated rings. The molecule has 124 valence electrons. The average molecular weight is 317 g/mol. The number of rotatable bonds is 6. The van der Waals surface area contributed by atoms with Crippen LogP contribution in [0.15, 0.2) is 0 Å². The summed E-state index contributed by atoms with van der Waals surface area (Å²) in [5.41, 5.74) is 0. The first-order valence-electron chi connectivity index (χ1n) is 8.73. The minimum absolute atomic E-state index is 0. The summed E-state index contributed by atoms with van der Waals surface area (Å²) in [6, 6.07) is 0. The molecule has 2 atom stereocenters. The molecule has 2 N–H and O–H groups in total. The molecular formula is C17H33ClN2O. The normalized spacial score (nSPS) is 24.9. The highest BCUT2D eigenvalue weighted by molar-refractivity contribution is 5.85. The van der Waals surface area contributed by atoms with Crippen LogP contribution in [0.3, 0.4) is 0 Å². The fourth-order valence-electron chi connectivity index (χ4n) is 3.79. The number of hydrogen-bond acceptors (Lipinski definition) is 2. The van der Waals surface area contributed by atoms with Crippen LogP contribution in [0.25, 0.3) is 0 Å². The first-order valence-corrected chi connectivity index (χ1v) is 8.73. The Balaban J connectivity index is 0.00000220. The van der Waals surface area contributed by atoms with E-state index in [9.17, 15) is 4.79 Å². The summed E-state index contributed by atoms with van der Waals surface area (Å²) in [5.74, 6) is 2.33. The van der Waals surface area contributed by atoms with Crippen molar-refractivity contribution in [2.24, 2.45) is 17.8 Å². The SMILES string of the molecule is CC(CC(=O)NCCC1CCCCC1)C1CCCNC1.Cl. The first kappa shape index (κ1) is 18.8. The lowest BCUT2D eigenvalue weighted by atomic mass is 9.85. The van der Waals surface area contributed by atoms with E-state index < -0.39 is 0 Å². The largest absolute Gasteiger partial charge is 0.356 e. The monoisotopic (exact) mass is 316 g/mol. The summed E-state index contributed by atoms with van der Waals surface area (Å²) in [4.78, 5) is 12.0. The van der Waals surface area contributed by atoms with Gasteiger partial charge in [0.15, 0.2) is 0 Å². The second-order valence-electron chi connectivity index (χ2n) is 6.93. The molecular weight excluding hydrogens is 284 g/mol. The fourth-order valence-corrected chi connectivity index (χ4v) is 3.79. The molecule has 2 aliphatic rings. The van der Waals surface area contributed by atoms with Gasteiger partial charge in [-0.3, -0.25) is 4.79 Å². The van der Waals surface area contributed by atoms with Crippen LogP contribution >= 0.6 is 12.4 Å². The highest BCUT2D eigenvalue weighted by Crippen LogP contribution is 2.26. The molecule has 4 heteroatoms. The molecule has 2 unspecified atom stereocenters. The van der Waals surface area contributed by atoms with Gasteiger partial charge in [0.25, 0.3) is 0 Å². The molecule has 0 radical (unpaired) electrons. The molecule has 1 amide bonds. The van der Waals surface area contributed by atoms with Crippen LogP contribution in [-0.2, 0) is 4.79 Å². The molecule has 2 rings (SSSR count). The maximum atomic E-state index is 12.0. The van der Waals surface area contributed by atoms with E-state index in [4.69, 9.17) is 0 Å². The lowest BCUT2D eigenvalue weighted by Gasteiger charge is -2.28. The minimum Gasteiger partial charge on any atom is -0.356 e. The lowest BCUT2D eigenvalue weighted by Crippen LogP contribution is -2.36. The molecule has 0 aromatic rings. The predicted octanol–water partition coefficient (Wildman–Crippen LogP) is 3.52. The number of halogens is 1. The van der Waals surface area contributed by atoms with E-state index in [1.807, 2.05) is 0 Å². The van der Waals surface area contributed by atoms with Crippen LogP contribution < -0.4 is 10.6 Å². The van der Waals surface area contributed by atoms with Gasteiger partial charge in [0.2, 0.25) is 5.91 Å². The van der Waals surface area contributed by atoms with Gasteiger partial charge in [0.05, 0.1) is 0 Å². The topological polar surface area (TPSA) is 41.1 Å². The number of piperidine rings is 1. The maximum Gasteiger partial charge on any atom is 0.220 e. The Morgan fingerprint density at radius 1 is 1.19 bits per heavy atom. The van der Waals surface area contributed by atoms with Gasteiger partial charge in [-0.15, -0.1) is 12.4 Å². The molecule has 0 aromatic carbocycles. The van der Waals surface area contributed by atoms with Crippen LogP contribution in [0.5, 0.6) is 0 Å². The molecule has 1 saturated carbocycles. The van der Waals surface area contributed by atoms with E-state index >= 15 is 0 Å². The van der Waals surface area contributed by atoms with Crippen LogP contribution in [0, 0.1) is 17.8 Å². The third kappa shape index (κ3) is 7.01. The number of carbonyl (C=O) groups excluding carboxylic acids is 1. The van der Waals surface area contributed by atoms with Gasteiger partial charge in [-0.2, -0.15) is 0 Å². The van der Waals surface area contributed by atoms with Crippen LogP contribution in [0.2, 0.25) is 0 Å². The zero-order valence-corrected chi connectivity index (χ0v) is 14.4. The Morgan fingerprint density at radius 3 is 2.62 bits per heavy atom. The zero-order chi connectivity index (χ0) is 14.2. The van der Waals surface area contributed by atoms with Crippen molar-refractivity contribution >= 4 is 18.3 Å². The third-order valence-electron chi connectivity index (χ3n) is 5.25. The Labute approximate surface area is 136 Å². The summed E-state index contributed by atoms with van der Waals surface area (Å²) in [6.07, 6.45) is 11.4. The Morgan fingerprint density at radius 2 is 1.95 bits per heavy atom. The molecule has 0 bridgehead atoms. The minimum atomic E-state index is 0. The highest BCUT2D eigenvalue weighted by atomic mass is 35.5. The van der Waals surface area contributed by atoms with E-state index in [0.29, 0.717) is 18.3 Å². The zero-order valence-electron chi connectivity index (χ0n) is 13.5. The van der Waals surface area contributed by atoms with Crippen molar-refractivity contribution in [2.75, 3.05) is 19.6 Å². The summed E-state index contributed by atoms with van der Waals surface area (Å²) < 4.78 is 0. The van der Waals surface area contributed by atoms with E-state index in [2.05, 4.69) is 17.6 Å². The van der Waals surface area contributed by atoms with Gasteiger partial charge in [0, 0.05) is 13.0 Å². The predicted molar refractivity (Wildman–Crippen MR) is 90.8 cm³/mol. The second kappa shape index (κ2) is 10.4. The molecule has 1 heterocycles. The Bertz CT molecular complexity index is 287. The van der Waals surface area contributed by atoms with Crippen molar-refractivity contribution in [1.29, 1.82) is 0 Å². The van der Waals surface area contributed by atoms with Crippen molar-refractivity contribution < 1.29 is 4.79 Å². The molecule has 3 nitrogen and oxygen atoms in total. The summed E-state index contributed by atoms with van der Waals surface area (Å²) in [7, 11) is 0. The average Bonchev–Trinajstić information content (AvgIpc) is 2.49. The van der Waals surface area contributed by atoms with Crippen molar-refractivity contribution in [3.05, 3.63) is 0 Å². The number of amides is 1. The molecule has 0 aromatic heterocycles. The van der Waals surface area contributed by atoms with E-state index in [1.165, 1.54) is 51.4 Å². The van der Waals surface area contributed by atoms with Gasteiger partial charge in [-0.25, -0.2) is 0 Å². The molecule has 1 aliphatic heterocycles. The van der Waals surface area contributed by atoms with Gasteiger partial charge >= 0.3 is 0 Å². The standard InChI is InChI=1S/C17H32N2O.ClH/c1-14(16-8-5-10-18-13-16)12-17(20)19-11-9-15-6-3-2-4-7-15;/h14-16,18H,2-13H2,1H3,(H,19,20);1H. The van der Waals surface area contributed by atoms with Gasteiger partial charge < -0.3 is 10.6 Å². The summed E-state index contributed by atoms with van der Waals surface area (Å²) in [6.45, 7) is 5.37. The van der Waals surface area contributed by atoms with Gasteiger partial charge in [-0.05, 0) is 50.1 Å². The molecule has 21 heavy (non-hydrogen) atoms. The number of carbonyl (C=O) groups is 1. The third-order valence-corrected chi connectivity index (χ3v) is 5.25. The quantitative estimate of drug-likeness (QED) is 0.787. The van der Waals surface area contributed by atoms with E-state index in [0.717, 1.165) is 25.6 Å². The summed E-state index contributed by atoms with van der Waals surface area (Å²) in [5, 5.41) is 6.58. The van der Waals surface area contributed by atoms with Gasteiger partial charge in [0.1, 0.15) is 0 Å². The van der Waals surface area contributed by atoms with Crippen LogP contribution in [0.1, 0.15) is 64.7 Å². The Hall–Kier alpha value is -0.280. The Kier molecular flexibility index (Phi) is 9.34. The van der Waals surface area contributed by atoms with Crippen molar-refractivity contribution in [2.45, 2.75) is 64.7 Å². The molecule has 1 saturated heterocycles.